The lowest BCUT2D eigenvalue weighted by Crippen LogP contribution is -2.04. The van der Waals surface area contributed by atoms with Gasteiger partial charge in [-0.25, -0.2) is 9.18 Å². The molecule has 0 aromatic heterocycles. The molecule has 0 aliphatic heterocycles. The molecular formula is C15H9FINO3. The summed E-state index contributed by atoms with van der Waals surface area (Å²) < 4.78 is 19.5. The maximum atomic E-state index is 13.2. The topological polar surface area (TPSA) is 70.3 Å². The fourth-order valence-corrected chi connectivity index (χ4v) is 2.20. The molecule has 6 heteroatoms. The molecule has 0 radical (unpaired) electrons. The van der Waals surface area contributed by atoms with Crippen LogP contribution in [0.25, 0.3) is 0 Å². The number of ether oxygens (including phenoxy) is 1. The van der Waals surface area contributed by atoms with E-state index in [2.05, 4.69) is 0 Å². The largest absolute Gasteiger partial charge is 0.488 e. The first-order chi connectivity index (χ1) is 10.0. The summed E-state index contributed by atoms with van der Waals surface area (Å²) in [6.45, 7) is 0.0514. The van der Waals surface area contributed by atoms with Crippen LogP contribution in [0.3, 0.4) is 0 Å². The Morgan fingerprint density at radius 3 is 2.76 bits per heavy atom. The molecule has 0 saturated carbocycles. The SMILES string of the molecule is N#Cc1cc(COc2ccc(I)cc2C(=O)O)ccc1F. The number of carboxylic acid groups (broad SMARTS) is 1. The van der Waals surface area contributed by atoms with Crippen LogP contribution in [0.2, 0.25) is 0 Å². The van der Waals surface area contributed by atoms with Crippen molar-refractivity contribution >= 4 is 28.6 Å². The molecule has 0 unspecified atom stereocenters. The van der Waals surface area contributed by atoms with E-state index < -0.39 is 11.8 Å². The molecule has 2 rings (SSSR count). The number of benzene rings is 2. The van der Waals surface area contributed by atoms with Gasteiger partial charge in [0.05, 0.1) is 5.56 Å². The van der Waals surface area contributed by atoms with Crippen molar-refractivity contribution in [3.63, 3.8) is 0 Å². The number of hydrogen-bond acceptors (Lipinski definition) is 3. The smallest absolute Gasteiger partial charge is 0.339 e. The van der Waals surface area contributed by atoms with Gasteiger partial charge in [0, 0.05) is 3.57 Å². The molecular weight excluding hydrogens is 388 g/mol. The number of rotatable bonds is 4. The van der Waals surface area contributed by atoms with E-state index in [0.717, 1.165) is 3.57 Å². The summed E-state index contributed by atoms with van der Waals surface area (Å²) in [4.78, 5) is 11.2. The first-order valence-corrected chi connectivity index (χ1v) is 6.93. The summed E-state index contributed by atoms with van der Waals surface area (Å²) in [5.74, 6) is -1.45. The van der Waals surface area contributed by atoms with Crippen LogP contribution >= 0.6 is 22.6 Å². The van der Waals surface area contributed by atoms with Crippen LogP contribution in [-0.2, 0) is 6.61 Å². The first kappa shape index (κ1) is 15.3. The zero-order valence-corrected chi connectivity index (χ0v) is 12.8. The van der Waals surface area contributed by atoms with E-state index >= 15 is 0 Å². The Labute approximate surface area is 133 Å². The minimum atomic E-state index is -1.08. The number of carboxylic acids is 1. The van der Waals surface area contributed by atoms with E-state index in [9.17, 15) is 9.18 Å². The molecule has 2 aromatic carbocycles. The van der Waals surface area contributed by atoms with Gasteiger partial charge in [0.15, 0.2) is 0 Å². The van der Waals surface area contributed by atoms with Gasteiger partial charge in [-0.05, 0) is 58.5 Å². The average molecular weight is 397 g/mol. The summed E-state index contributed by atoms with van der Waals surface area (Å²) >= 11 is 2.01. The molecule has 0 fully saturated rings. The molecule has 4 nitrogen and oxygen atoms in total. The summed E-state index contributed by atoms with van der Waals surface area (Å²) in [5.41, 5.74) is 0.574. The Morgan fingerprint density at radius 2 is 2.10 bits per heavy atom. The average Bonchev–Trinajstić information content (AvgIpc) is 2.47. The van der Waals surface area contributed by atoms with E-state index in [1.807, 2.05) is 22.6 Å². The number of carbonyl (C=O) groups is 1. The normalized spacial score (nSPS) is 9.95. The Morgan fingerprint density at radius 1 is 1.33 bits per heavy atom. The highest BCUT2D eigenvalue weighted by molar-refractivity contribution is 14.1. The first-order valence-electron chi connectivity index (χ1n) is 5.85. The lowest BCUT2D eigenvalue weighted by atomic mass is 10.1. The Bertz CT molecular complexity index is 740. The number of nitriles is 1. The van der Waals surface area contributed by atoms with Crippen LogP contribution < -0.4 is 4.74 Å². The maximum Gasteiger partial charge on any atom is 0.339 e. The molecule has 0 aliphatic rings. The molecule has 2 aromatic rings. The molecule has 0 aliphatic carbocycles. The zero-order valence-electron chi connectivity index (χ0n) is 10.6. The summed E-state index contributed by atoms with van der Waals surface area (Å²) in [7, 11) is 0. The van der Waals surface area contributed by atoms with Gasteiger partial charge in [-0.1, -0.05) is 6.07 Å². The quantitative estimate of drug-likeness (QED) is 0.801. The lowest BCUT2D eigenvalue weighted by molar-refractivity contribution is 0.0691. The van der Waals surface area contributed by atoms with Crippen molar-refractivity contribution in [2.75, 3.05) is 0 Å². The molecule has 1 N–H and O–H groups in total. The molecule has 106 valence electrons. The van der Waals surface area contributed by atoms with Crippen LogP contribution in [0.4, 0.5) is 4.39 Å². The van der Waals surface area contributed by atoms with E-state index in [0.29, 0.717) is 5.56 Å². The zero-order chi connectivity index (χ0) is 15.4. The van der Waals surface area contributed by atoms with Crippen molar-refractivity contribution in [2.45, 2.75) is 6.61 Å². The maximum absolute atomic E-state index is 13.2. The predicted molar refractivity (Wildman–Crippen MR) is 81.6 cm³/mol. The van der Waals surface area contributed by atoms with Gasteiger partial charge in [-0.2, -0.15) is 5.26 Å². The highest BCUT2D eigenvalue weighted by atomic mass is 127. The highest BCUT2D eigenvalue weighted by Gasteiger charge is 2.12. The number of aromatic carboxylic acids is 1. The van der Waals surface area contributed by atoms with Gasteiger partial charge in [-0.15, -0.1) is 0 Å². The second kappa shape index (κ2) is 6.54. The third-order valence-electron chi connectivity index (χ3n) is 2.72. The van der Waals surface area contributed by atoms with Gasteiger partial charge in [-0.3, -0.25) is 0 Å². The highest BCUT2D eigenvalue weighted by Crippen LogP contribution is 2.22. The monoisotopic (exact) mass is 397 g/mol. The number of halogens is 2. The van der Waals surface area contributed by atoms with E-state index in [4.69, 9.17) is 15.1 Å². The van der Waals surface area contributed by atoms with Crippen LogP contribution in [0.1, 0.15) is 21.5 Å². The predicted octanol–water partition coefficient (Wildman–Crippen LogP) is 3.58. The van der Waals surface area contributed by atoms with E-state index in [1.54, 1.807) is 18.2 Å². The molecule has 0 bridgehead atoms. The van der Waals surface area contributed by atoms with Crippen LogP contribution in [0.15, 0.2) is 36.4 Å². The van der Waals surface area contributed by atoms with Gasteiger partial charge >= 0.3 is 5.97 Å². The standard InChI is InChI=1S/C15H9FINO3/c16-13-3-1-9(5-10(13)7-18)8-21-14-4-2-11(17)6-12(14)15(19)20/h1-6H,8H2,(H,19,20). The lowest BCUT2D eigenvalue weighted by Gasteiger charge is -2.10. The van der Waals surface area contributed by atoms with Gasteiger partial charge in [0.25, 0.3) is 0 Å². The second-order valence-electron chi connectivity index (χ2n) is 4.16. The molecule has 0 amide bonds. The summed E-state index contributed by atoms with van der Waals surface area (Å²) in [6, 6.07) is 10.6. The minimum absolute atomic E-state index is 0.0514. The third-order valence-corrected chi connectivity index (χ3v) is 3.39. The molecule has 0 heterocycles. The van der Waals surface area contributed by atoms with Crippen molar-refractivity contribution in [1.29, 1.82) is 5.26 Å². The Hall–Kier alpha value is -2.14. The Kier molecular flexibility index (Phi) is 4.75. The van der Waals surface area contributed by atoms with Crippen molar-refractivity contribution in [3.8, 4) is 11.8 Å². The van der Waals surface area contributed by atoms with Crippen molar-refractivity contribution in [2.24, 2.45) is 0 Å². The van der Waals surface area contributed by atoms with Crippen LogP contribution in [0, 0.1) is 20.7 Å². The molecule has 21 heavy (non-hydrogen) atoms. The van der Waals surface area contributed by atoms with E-state index in [-0.39, 0.29) is 23.5 Å². The fourth-order valence-electron chi connectivity index (χ4n) is 1.70. The molecule has 0 atom stereocenters. The van der Waals surface area contributed by atoms with Crippen LogP contribution in [0.5, 0.6) is 5.75 Å². The number of nitrogens with zero attached hydrogens (tertiary/aromatic N) is 1. The third kappa shape index (κ3) is 3.70. The van der Waals surface area contributed by atoms with Gasteiger partial charge < -0.3 is 9.84 Å². The second-order valence-corrected chi connectivity index (χ2v) is 5.41. The summed E-state index contributed by atoms with van der Waals surface area (Å²) in [6.07, 6.45) is 0. The van der Waals surface area contributed by atoms with Crippen molar-refractivity contribution in [3.05, 3.63) is 62.5 Å². The van der Waals surface area contributed by atoms with E-state index in [1.165, 1.54) is 24.3 Å². The van der Waals surface area contributed by atoms with Gasteiger partial charge in [0.1, 0.15) is 29.8 Å². The van der Waals surface area contributed by atoms with Crippen molar-refractivity contribution < 1.29 is 19.0 Å². The molecule has 0 spiro atoms. The number of hydrogen-bond donors (Lipinski definition) is 1. The van der Waals surface area contributed by atoms with Crippen LogP contribution in [-0.4, -0.2) is 11.1 Å². The molecule has 0 saturated heterocycles. The van der Waals surface area contributed by atoms with Gasteiger partial charge in [0.2, 0.25) is 0 Å². The Balaban J connectivity index is 2.21. The fraction of sp³-hybridized carbons (Fsp3) is 0.0667. The minimum Gasteiger partial charge on any atom is -0.488 e. The summed E-state index contributed by atoms with van der Waals surface area (Å²) in [5, 5.41) is 17.9. The van der Waals surface area contributed by atoms with Crippen molar-refractivity contribution in [1.82, 2.24) is 0 Å².